The van der Waals surface area contributed by atoms with Crippen molar-refractivity contribution < 1.29 is 4.79 Å². The number of ketones is 1. The normalized spacial score (nSPS) is 23.3. The van der Waals surface area contributed by atoms with Crippen LogP contribution in [0.25, 0.3) is 0 Å². The highest BCUT2D eigenvalue weighted by Crippen LogP contribution is 2.45. The second-order valence-corrected chi connectivity index (χ2v) is 6.05. The van der Waals surface area contributed by atoms with Crippen molar-refractivity contribution >= 4 is 5.78 Å². The van der Waals surface area contributed by atoms with Gasteiger partial charge in [0.15, 0.2) is 5.78 Å². The van der Waals surface area contributed by atoms with Gasteiger partial charge in [-0.05, 0) is 24.7 Å². The van der Waals surface area contributed by atoms with Crippen molar-refractivity contribution in [2.45, 2.75) is 45.4 Å². The lowest BCUT2D eigenvalue weighted by atomic mass is 9.75. The number of aryl methyl sites for hydroxylation is 1. The maximum absolute atomic E-state index is 12.2. The minimum Gasteiger partial charge on any atom is -0.294 e. The fourth-order valence-electron chi connectivity index (χ4n) is 2.77. The lowest BCUT2D eigenvalue weighted by Gasteiger charge is -2.28. The van der Waals surface area contributed by atoms with Crippen LogP contribution in [-0.4, -0.2) is 15.6 Å². The van der Waals surface area contributed by atoms with Crippen LogP contribution in [0, 0.1) is 5.41 Å². The van der Waals surface area contributed by atoms with Gasteiger partial charge in [-0.1, -0.05) is 13.8 Å². The van der Waals surface area contributed by atoms with E-state index in [0.717, 1.165) is 23.4 Å². The van der Waals surface area contributed by atoms with Gasteiger partial charge in [-0.2, -0.15) is 5.10 Å². The van der Waals surface area contributed by atoms with E-state index in [9.17, 15) is 4.79 Å². The molecule has 2 aliphatic carbocycles. The average molecular weight is 218 g/mol. The zero-order chi connectivity index (χ0) is 11.5. The van der Waals surface area contributed by atoms with Crippen molar-refractivity contribution in [1.82, 2.24) is 9.78 Å². The SMILES string of the molecule is Cn1nc(C2CC2)c2c1CC(C)(C)CC2=O. The van der Waals surface area contributed by atoms with E-state index in [2.05, 4.69) is 18.9 Å². The quantitative estimate of drug-likeness (QED) is 0.725. The topological polar surface area (TPSA) is 34.9 Å². The van der Waals surface area contributed by atoms with Crippen LogP contribution >= 0.6 is 0 Å². The molecule has 0 saturated heterocycles. The van der Waals surface area contributed by atoms with Crippen molar-refractivity contribution in [3.05, 3.63) is 17.0 Å². The summed E-state index contributed by atoms with van der Waals surface area (Å²) < 4.78 is 1.93. The molecule has 3 rings (SSSR count). The highest BCUT2D eigenvalue weighted by Gasteiger charge is 2.39. The molecule has 3 heteroatoms. The second kappa shape index (κ2) is 2.96. The minimum absolute atomic E-state index is 0.0959. The maximum atomic E-state index is 12.2. The van der Waals surface area contributed by atoms with Crippen LogP contribution in [0.5, 0.6) is 0 Å². The van der Waals surface area contributed by atoms with Crippen LogP contribution in [0.4, 0.5) is 0 Å². The summed E-state index contributed by atoms with van der Waals surface area (Å²) in [4.78, 5) is 12.2. The third-order valence-corrected chi connectivity index (χ3v) is 3.72. The van der Waals surface area contributed by atoms with E-state index in [-0.39, 0.29) is 5.41 Å². The number of aromatic nitrogens is 2. The Bertz CT molecular complexity index is 467. The van der Waals surface area contributed by atoms with Crippen molar-refractivity contribution in [3.63, 3.8) is 0 Å². The first-order chi connectivity index (χ1) is 7.48. The molecule has 2 aliphatic rings. The molecule has 86 valence electrons. The molecular formula is C13H18N2O. The summed E-state index contributed by atoms with van der Waals surface area (Å²) in [7, 11) is 1.97. The molecule has 0 aromatic carbocycles. The number of fused-ring (bicyclic) bond motifs is 1. The van der Waals surface area contributed by atoms with Crippen molar-refractivity contribution in [1.29, 1.82) is 0 Å². The fraction of sp³-hybridized carbons (Fsp3) is 0.692. The molecular weight excluding hydrogens is 200 g/mol. The van der Waals surface area contributed by atoms with Crippen LogP contribution in [0.2, 0.25) is 0 Å². The van der Waals surface area contributed by atoms with Crippen molar-refractivity contribution in [3.8, 4) is 0 Å². The number of hydrogen-bond donors (Lipinski definition) is 0. The molecule has 0 bridgehead atoms. The summed E-state index contributed by atoms with van der Waals surface area (Å²) in [6.07, 6.45) is 4.07. The van der Waals surface area contributed by atoms with E-state index < -0.39 is 0 Å². The molecule has 0 spiro atoms. The first-order valence-electron chi connectivity index (χ1n) is 6.07. The Morgan fingerprint density at radius 3 is 2.62 bits per heavy atom. The molecule has 0 N–H and O–H groups in total. The maximum Gasteiger partial charge on any atom is 0.167 e. The highest BCUT2D eigenvalue weighted by atomic mass is 16.1. The standard InChI is InChI=1S/C13H18N2O/c1-13(2)6-9-11(10(16)7-13)12(8-4-5-8)14-15(9)3/h8H,4-7H2,1-3H3. The van der Waals surface area contributed by atoms with E-state index in [1.807, 2.05) is 11.7 Å². The second-order valence-electron chi connectivity index (χ2n) is 6.05. The average Bonchev–Trinajstić information content (AvgIpc) is 2.92. The Hall–Kier alpha value is -1.12. The molecule has 0 radical (unpaired) electrons. The largest absolute Gasteiger partial charge is 0.294 e. The van der Waals surface area contributed by atoms with Crippen LogP contribution in [0.3, 0.4) is 0 Å². The third kappa shape index (κ3) is 1.41. The van der Waals surface area contributed by atoms with Gasteiger partial charge in [0.25, 0.3) is 0 Å². The van der Waals surface area contributed by atoms with Crippen LogP contribution in [0.15, 0.2) is 0 Å². The highest BCUT2D eigenvalue weighted by molar-refractivity contribution is 6.00. The molecule has 1 fully saturated rings. The summed E-state index contributed by atoms with van der Waals surface area (Å²) in [6.45, 7) is 4.33. The Labute approximate surface area is 95.8 Å². The predicted molar refractivity (Wildman–Crippen MR) is 61.6 cm³/mol. The summed E-state index contributed by atoms with van der Waals surface area (Å²) in [5.41, 5.74) is 3.30. The van der Waals surface area contributed by atoms with Gasteiger partial charge in [0.1, 0.15) is 0 Å². The predicted octanol–water partition coefficient (Wildman–Crippen LogP) is 2.45. The number of carbonyl (C=O) groups is 1. The first-order valence-corrected chi connectivity index (χ1v) is 6.07. The number of Topliss-reactive ketones (excluding diaryl/α,β-unsaturated/α-hetero) is 1. The number of hydrogen-bond acceptors (Lipinski definition) is 2. The van der Waals surface area contributed by atoms with E-state index in [0.29, 0.717) is 18.1 Å². The number of carbonyl (C=O) groups excluding carboxylic acids is 1. The van der Waals surface area contributed by atoms with Crippen molar-refractivity contribution in [2.24, 2.45) is 12.5 Å². The first kappa shape index (κ1) is 10.1. The molecule has 1 saturated carbocycles. The smallest absolute Gasteiger partial charge is 0.167 e. The molecule has 1 aromatic rings. The van der Waals surface area contributed by atoms with Crippen LogP contribution in [-0.2, 0) is 13.5 Å². The zero-order valence-corrected chi connectivity index (χ0v) is 10.2. The van der Waals surface area contributed by atoms with Crippen LogP contribution < -0.4 is 0 Å². The lowest BCUT2D eigenvalue weighted by molar-refractivity contribution is 0.0909. The molecule has 1 heterocycles. The molecule has 0 atom stereocenters. The van der Waals surface area contributed by atoms with Crippen molar-refractivity contribution in [2.75, 3.05) is 0 Å². The fourth-order valence-corrected chi connectivity index (χ4v) is 2.77. The minimum atomic E-state index is 0.0959. The number of nitrogens with zero attached hydrogens (tertiary/aromatic N) is 2. The van der Waals surface area contributed by atoms with Gasteiger partial charge >= 0.3 is 0 Å². The molecule has 3 nitrogen and oxygen atoms in total. The molecule has 0 amide bonds. The third-order valence-electron chi connectivity index (χ3n) is 3.72. The molecule has 0 unspecified atom stereocenters. The summed E-state index contributed by atoms with van der Waals surface area (Å²) in [5, 5.41) is 4.57. The van der Waals surface area contributed by atoms with Gasteiger partial charge < -0.3 is 0 Å². The van der Waals surface area contributed by atoms with Gasteiger partial charge in [-0.25, -0.2) is 0 Å². The van der Waals surface area contributed by atoms with E-state index in [4.69, 9.17) is 0 Å². The monoisotopic (exact) mass is 218 g/mol. The Morgan fingerprint density at radius 2 is 2.00 bits per heavy atom. The Morgan fingerprint density at radius 1 is 1.31 bits per heavy atom. The van der Waals surface area contributed by atoms with Crippen LogP contribution in [0.1, 0.15) is 60.8 Å². The molecule has 0 aliphatic heterocycles. The lowest BCUT2D eigenvalue weighted by Crippen LogP contribution is -2.28. The Balaban J connectivity index is 2.13. The summed E-state index contributed by atoms with van der Waals surface area (Å²) in [6, 6.07) is 0. The molecule has 16 heavy (non-hydrogen) atoms. The number of rotatable bonds is 1. The van der Waals surface area contributed by atoms with E-state index in [1.54, 1.807) is 0 Å². The Kier molecular flexibility index (Phi) is 1.86. The zero-order valence-electron chi connectivity index (χ0n) is 10.2. The van der Waals surface area contributed by atoms with E-state index >= 15 is 0 Å². The van der Waals surface area contributed by atoms with Gasteiger partial charge in [-0.3, -0.25) is 9.48 Å². The van der Waals surface area contributed by atoms with E-state index in [1.165, 1.54) is 12.8 Å². The molecule has 1 aromatic heterocycles. The van der Waals surface area contributed by atoms with Gasteiger partial charge in [0, 0.05) is 25.1 Å². The summed E-state index contributed by atoms with van der Waals surface area (Å²) >= 11 is 0. The van der Waals surface area contributed by atoms with Gasteiger partial charge in [-0.15, -0.1) is 0 Å². The van der Waals surface area contributed by atoms with Gasteiger partial charge in [0.05, 0.1) is 11.3 Å². The van der Waals surface area contributed by atoms with Gasteiger partial charge in [0.2, 0.25) is 0 Å². The summed E-state index contributed by atoms with van der Waals surface area (Å²) in [5.74, 6) is 0.876.